The van der Waals surface area contributed by atoms with Crippen molar-refractivity contribution < 1.29 is 9.84 Å². The van der Waals surface area contributed by atoms with E-state index in [1.165, 1.54) is 6.33 Å². The fourth-order valence-corrected chi connectivity index (χ4v) is 3.78. The zero-order valence-corrected chi connectivity index (χ0v) is 10.9. The number of hydrogen-bond acceptors (Lipinski definition) is 5. The van der Waals surface area contributed by atoms with Crippen LogP contribution in [0.25, 0.3) is 11.2 Å². The van der Waals surface area contributed by atoms with Crippen LogP contribution < -0.4 is 5.56 Å². The lowest BCUT2D eigenvalue weighted by atomic mass is 9.92. The molecule has 20 heavy (non-hydrogen) atoms. The second-order valence-electron chi connectivity index (χ2n) is 5.67. The minimum Gasteiger partial charge on any atom is -0.396 e. The summed E-state index contributed by atoms with van der Waals surface area (Å²) in [7, 11) is 0. The van der Waals surface area contributed by atoms with Gasteiger partial charge in [-0.15, -0.1) is 0 Å². The van der Waals surface area contributed by atoms with Crippen molar-refractivity contribution in [1.29, 1.82) is 0 Å². The van der Waals surface area contributed by atoms with Crippen molar-refractivity contribution in [3.63, 3.8) is 0 Å². The third-order valence-corrected chi connectivity index (χ3v) is 4.77. The van der Waals surface area contributed by atoms with Gasteiger partial charge in [0, 0.05) is 25.2 Å². The number of rotatable bonds is 2. The maximum atomic E-state index is 11.7. The molecule has 4 atom stereocenters. The van der Waals surface area contributed by atoms with Gasteiger partial charge in [0.05, 0.1) is 19.3 Å². The molecule has 2 aromatic rings. The standard InChI is InChI=1S/C13H16N4O3/c18-2-8-9-4-20-3-7(9)1-10(8)17-6-16-11-12(17)14-5-15-13(11)19/h5-10,18H,1-4H2,(H,14,15,19)/t7-,8-,9+,10-/m1/s1. The zero-order chi connectivity index (χ0) is 13.7. The maximum absolute atomic E-state index is 11.7. The molecule has 2 N–H and O–H groups in total. The van der Waals surface area contributed by atoms with E-state index in [0.29, 0.717) is 29.6 Å². The van der Waals surface area contributed by atoms with Crippen molar-refractivity contribution >= 4 is 11.2 Å². The Morgan fingerprint density at radius 2 is 2.35 bits per heavy atom. The van der Waals surface area contributed by atoms with E-state index in [1.807, 2.05) is 4.57 Å². The summed E-state index contributed by atoms with van der Waals surface area (Å²) in [6.45, 7) is 1.60. The molecule has 0 radical (unpaired) electrons. The van der Waals surface area contributed by atoms with Crippen LogP contribution >= 0.6 is 0 Å². The Morgan fingerprint density at radius 3 is 3.20 bits per heavy atom. The van der Waals surface area contributed by atoms with Crippen LogP contribution in [0.3, 0.4) is 0 Å². The summed E-state index contributed by atoms with van der Waals surface area (Å²) in [5.74, 6) is 1.02. The van der Waals surface area contributed by atoms with Crippen LogP contribution in [0.1, 0.15) is 12.5 Å². The molecular formula is C13H16N4O3. The van der Waals surface area contributed by atoms with Crippen LogP contribution in [-0.2, 0) is 4.74 Å². The van der Waals surface area contributed by atoms with E-state index in [9.17, 15) is 9.90 Å². The SMILES string of the molecule is O=c1[nH]cnc2c1ncn2[C@@H]1C[C@@H]2COC[C@@H]2[C@H]1CO. The smallest absolute Gasteiger partial charge is 0.278 e. The second kappa shape index (κ2) is 4.39. The van der Waals surface area contributed by atoms with E-state index in [0.717, 1.165) is 13.0 Å². The lowest BCUT2D eigenvalue weighted by Gasteiger charge is -2.22. The van der Waals surface area contributed by atoms with E-state index in [2.05, 4.69) is 15.0 Å². The summed E-state index contributed by atoms with van der Waals surface area (Å²) in [5, 5.41) is 9.73. The summed E-state index contributed by atoms with van der Waals surface area (Å²) in [6, 6.07) is 0.137. The van der Waals surface area contributed by atoms with E-state index < -0.39 is 0 Å². The zero-order valence-electron chi connectivity index (χ0n) is 10.9. The van der Waals surface area contributed by atoms with Gasteiger partial charge >= 0.3 is 0 Å². The quantitative estimate of drug-likeness (QED) is 0.801. The molecular weight excluding hydrogens is 260 g/mol. The molecule has 4 rings (SSSR count). The van der Waals surface area contributed by atoms with Crippen LogP contribution in [-0.4, -0.2) is 44.4 Å². The summed E-state index contributed by atoms with van der Waals surface area (Å²) < 4.78 is 7.46. The second-order valence-corrected chi connectivity index (χ2v) is 5.67. The molecule has 2 aromatic heterocycles. The highest BCUT2D eigenvalue weighted by Gasteiger charge is 2.47. The van der Waals surface area contributed by atoms with Crippen LogP contribution in [0.4, 0.5) is 0 Å². The average Bonchev–Trinajstić information content (AvgIpc) is 3.11. The number of hydrogen-bond donors (Lipinski definition) is 2. The van der Waals surface area contributed by atoms with E-state index in [1.54, 1.807) is 6.33 Å². The first-order chi connectivity index (χ1) is 9.79. The molecule has 2 fully saturated rings. The average molecular weight is 276 g/mol. The lowest BCUT2D eigenvalue weighted by molar-refractivity contribution is 0.118. The van der Waals surface area contributed by atoms with Crippen molar-refractivity contribution in [2.24, 2.45) is 17.8 Å². The first kappa shape index (κ1) is 12.0. The van der Waals surface area contributed by atoms with Crippen molar-refractivity contribution in [2.45, 2.75) is 12.5 Å². The number of imidazole rings is 1. The molecule has 1 aliphatic carbocycles. The first-order valence-corrected chi connectivity index (χ1v) is 6.88. The number of aliphatic hydroxyl groups excluding tert-OH is 1. The fourth-order valence-electron chi connectivity index (χ4n) is 3.78. The Balaban J connectivity index is 1.79. The number of aliphatic hydroxyl groups is 1. The predicted molar refractivity (Wildman–Crippen MR) is 70.2 cm³/mol. The number of aromatic nitrogens is 4. The molecule has 1 saturated carbocycles. The van der Waals surface area contributed by atoms with Gasteiger partial charge < -0.3 is 19.4 Å². The third kappa shape index (κ3) is 1.56. The topological polar surface area (TPSA) is 93.0 Å². The van der Waals surface area contributed by atoms with Crippen LogP contribution in [0.2, 0.25) is 0 Å². The Labute approximate surface area is 114 Å². The Morgan fingerprint density at radius 1 is 1.45 bits per heavy atom. The van der Waals surface area contributed by atoms with Gasteiger partial charge in [-0.25, -0.2) is 9.97 Å². The molecule has 106 valence electrons. The van der Waals surface area contributed by atoms with Gasteiger partial charge in [-0.3, -0.25) is 4.79 Å². The van der Waals surface area contributed by atoms with Gasteiger partial charge in [0.2, 0.25) is 0 Å². The Kier molecular flexibility index (Phi) is 2.64. The highest BCUT2D eigenvalue weighted by Crippen LogP contribution is 2.47. The minimum atomic E-state index is -0.226. The number of ether oxygens (including phenoxy) is 1. The highest BCUT2D eigenvalue weighted by molar-refractivity contribution is 5.68. The predicted octanol–water partition coefficient (Wildman–Crippen LogP) is -0.0645. The van der Waals surface area contributed by atoms with Crippen LogP contribution in [0.15, 0.2) is 17.4 Å². The summed E-state index contributed by atoms with van der Waals surface area (Å²) >= 11 is 0. The monoisotopic (exact) mass is 276 g/mol. The molecule has 1 aliphatic heterocycles. The van der Waals surface area contributed by atoms with Gasteiger partial charge in [-0.05, 0) is 18.3 Å². The van der Waals surface area contributed by atoms with Crippen molar-refractivity contribution in [1.82, 2.24) is 19.5 Å². The van der Waals surface area contributed by atoms with E-state index in [-0.39, 0.29) is 24.1 Å². The number of fused-ring (bicyclic) bond motifs is 2. The molecule has 3 heterocycles. The molecule has 0 unspecified atom stereocenters. The van der Waals surface area contributed by atoms with Gasteiger partial charge in [0.15, 0.2) is 11.2 Å². The number of nitrogens with zero attached hydrogens (tertiary/aromatic N) is 3. The van der Waals surface area contributed by atoms with Gasteiger partial charge in [0.1, 0.15) is 0 Å². The summed E-state index contributed by atoms with van der Waals surface area (Å²) in [4.78, 5) is 22.7. The Bertz CT molecular complexity index is 694. The number of aromatic amines is 1. The highest BCUT2D eigenvalue weighted by atomic mass is 16.5. The Hall–Kier alpha value is -1.73. The molecule has 0 amide bonds. The lowest BCUT2D eigenvalue weighted by Crippen LogP contribution is -2.24. The molecule has 0 aromatic carbocycles. The number of H-pyrrole nitrogens is 1. The largest absolute Gasteiger partial charge is 0.396 e. The number of nitrogens with one attached hydrogen (secondary N) is 1. The maximum Gasteiger partial charge on any atom is 0.278 e. The molecule has 1 saturated heterocycles. The summed E-state index contributed by atoms with van der Waals surface area (Å²) in [6.07, 6.45) is 4.01. The molecule has 0 spiro atoms. The van der Waals surface area contributed by atoms with Crippen molar-refractivity contribution in [2.75, 3.05) is 19.8 Å². The van der Waals surface area contributed by atoms with Gasteiger partial charge in [-0.2, -0.15) is 0 Å². The third-order valence-electron chi connectivity index (χ3n) is 4.77. The van der Waals surface area contributed by atoms with Crippen molar-refractivity contribution in [3.05, 3.63) is 23.0 Å². The van der Waals surface area contributed by atoms with Crippen molar-refractivity contribution in [3.8, 4) is 0 Å². The first-order valence-electron chi connectivity index (χ1n) is 6.88. The van der Waals surface area contributed by atoms with Gasteiger partial charge in [-0.1, -0.05) is 0 Å². The molecule has 7 heteroatoms. The van der Waals surface area contributed by atoms with Crippen LogP contribution in [0.5, 0.6) is 0 Å². The van der Waals surface area contributed by atoms with Gasteiger partial charge in [0.25, 0.3) is 5.56 Å². The fraction of sp³-hybridized carbons (Fsp3) is 0.615. The molecule has 0 bridgehead atoms. The normalized spacial score (nSPS) is 32.9. The summed E-state index contributed by atoms with van der Waals surface area (Å²) in [5.41, 5.74) is 0.728. The molecule has 7 nitrogen and oxygen atoms in total. The minimum absolute atomic E-state index is 0.123. The van der Waals surface area contributed by atoms with Crippen LogP contribution in [0, 0.1) is 17.8 Å². The molecule has 2 aliphatic rings. The van der Waals surface area contributed by atoms with E-state index >= 15 is 0 Å². The van der Waals surface area contributed by atoms with E-state index in [4.69, 9.17) is 4.74 Å².